The fourth-order valence-corrected chi connectivity index (χ4v) is 3.31. The minimum absolute atomic E-state index is 0.771. The zero-order valence-electron chi connectivity index (χ0n) is 14.2. The molecule has 0 unspecified atom stereocenters. The lowest BCUT2D eigenvalue weighted by molar-refractivity contribution is 0.555. The van der Waals surface area contributed by atoms with Crippen molar-refractivity contribution in [1.29, 1.82) is 0 Å². The molecular weight excluding hydrogens is 300 g/mol. The van der Waals surface area contributed by atoms with E-state index < -0.39 is 0 Å². The van der Waals surface area contributed by atoms with E-state index in [-0.39, 0.29) is 0 Å². The maximum atomic E-state index is 5.43. The smallest absolute Gasteiger partial charge is 0.100 e. The van der Waals surface area contributed by atoms with Crippen LogP contribution in [0.5, 0.6) is 0 Å². The molecule has 3 heteroatoms. The summed E-state index contributed by atoms with van der Waals surface area (Å²) in [6.45, 7) is 0. The van der Waals surface area contributed by atoms with Crippen LogP contribution in [0.1, 0.15) is 76.2 Å². The molecule has 0 radical (unpaired) electrons. The minimum atomic E-state index is 0.771. The second kappa shape index (κ2) is 11.3. The second-order valence-electron chi connectivity index (χ2n) is 6.56. The van der Waals surface area contributed by atoms with Crippen LogP contribution in [-0.2, 0) is 6.42 Å². The van der Waals surface area contributed by atoms with Crippen LogP contribution in [0, 0.1) is 0 Å². The van der Waals surface area contributed by atoms with Gasteiger partial charge in [-0.25, -0.2) is 0 Å². The van der Waals surface area contributed by atoms with Crippen LogP contribution in [0.25, 0.3) is 0 Å². The van der Waals surface area contributed by atoms with E-state index in [1.807, 2.05) is 6.07 Å². The Hall–Kier alpha value is -1.22. The van der Waals surface area contributed by atoms with Gasteiger partial charge in [-0.05, 0) is 31.2 Å². The topological polar surface area (TPSA) is 24.4 Å². The molecule has 23 heavy (non-hydrogen) atoms. The lowest BCUT2D eigenvalue weighted by atomic mass is 10.00. The van der Waals surface area contributed by atoms with Gasteiger partial charge in [-0.3, -0.25) is 5.43 Å². The molecule has 1 aromatic carbocycles. The van der Waals surface area contributed by atoms with Crippen molar-refractivity contribution < 1.29 is 0 Å². The van der Waals surface area contributed by atoms with E-state index in [0.717, 1.165) is 24.3 Å². The number of rotatable bonds is 3. The largest absolute Gasteiger partial charge is 0.271 e. The number of hydrogen-bond donors (Lipinski definition) is 1. The van der Waals surface area contributed by atoms with Gasteiger partial charge in [0.2, 0.25) is 0 Å². The summed E-state index contributed by atoms with van der Waals surface area (Å²) in [5.41, 5.74) is 5.68. The third-order valence-electron chi connectivity index (χ3n) is 4.48. The summed E-state index contributed by atoms with van der Waals surface area (Å²) in [6.07, 6.45) is 15.3. The average Bonchev–Trinajstić information content (AvgIpc) is 2.55. The van der Waals surface area contributed by atoms with Crippen LogP contribution in [0.4, 0.5) is 0 Å². The molecular formula is C20H30N2S. The van der Waals surface area contributed by atoms with Crippen LogP contribution >= 0.6 is 12.2 Å². The summed E-state index contributed by atoms with van der Waals surface area (Å²) < 4.78 is 0. The normalized spacial score (nSPS) is 17.7. The van der Waals surface area contributed by atoms with E-state index >= 15 is 0 Å². The van der Waals surface area contributed by atoms with E-state index in [1.54, 1.807) is 0 Å². The Labute approximate surface area is 146 Å². The van der Waals surface area contributed by atoms with Crippen LogP contribution < -0.4 is 5.43 Å². The highest BCUT2D eigenvalue weighted by Gasteiger charge is 2.04. The molecule has 0 bridgehead atoms. The Balaban J connectivity index is 1.80. The quantitative estimate of drug-likeness (QED) is 0.559. The third kappa shape index (κ3) is 8.26. The first-order valence-electron chi connectivity index (χ1n) is 9.23. The molecule has 0 amide bonds. The molecule has 0 heterocycles. The standard InChI is InChI=1S/C20H30N2S/c23-20(17-18-13-9-8-10-14-18)22-21-19-15-11-6-4-2-1-3-5-7-12-16-19/h8-10,13-14H,1-7,11-12,15-17H2,(H,22,23). The van der Waals surface area contributed by atoms with Crippen molar-refractivity contribution in [3.8, 4) is 0 Å². The van der Waals surface area contributed by atoms with Crippen LogP contribution in [-0.4, -0.2) is 10.7 Å². The van der Waals surface area contributed by atoms with Crippen LogP contribution in [0.3, 0.4) is 0 Å². The molecule has 0 saturated heterocycles. The van der Waals surface area contributed by atoms with Crippen molar-refractivity contribution in [2.75, 3.05) is 0 Å². The van der Waals surface area contributed by atoms with E-state index in [0.29, 0.717) is 0 Å². The van der Waals surface area contributed by atoms with Gasteiger partial charge in [0.1, 0.15) is 4.99 Å². The molecule has 0 aromatic heterocycles. The van der Waals surface area contributed by atoms with E-state index in [9.17, 15) is 0 Å². The second-order valence-corrected chi connectivity index (χ2v) is 7.05. The highest BCUT2D eigenvalue weighted by atomic mass is 32.1. The van der Waals surface area contributed by atoms with Gasteiger partial charge in [0.25, 0.3) is 0 Å². The highest BCUT2D eigenvalue weighted by Crippen LogP contribution is 2.15. The number of nitrogens with zero attached hydrogens (tertiary/aromatic N) is 1. The molecule has 0 spiro atoms. The maximum Gasteiger partial charge on any atom is 0.100 e. The summed E-state index contributed by atoms with van der Waals surface area (Å²) >= 11 is 5.43. The Kier molecular flexibility index (Phi) is 8.93. The van der Waals surface area contributed by atoms with Gasteiger partial charge in [-0.15, -0.1) is 0 Å². The van der Waals surface area contributed by atoms with E-state index in [2.05, 4.69) is 34.8 Å². The molecule has 0 aliphatic heterocycles. The average molecular weight is 331 g/mol. The minimum Gasteiger partial charge on any atom is -0.271 e. The number of benzene rings is 1. The summed E-state index contributed by atoms with van der Waals surface area (Å²) in [6, 6.07) is 10.4. The lowest BCUT2D eigenvalue weighted by Gasteiger charge is -2.10. The summed E-state index contributed by atoms with van der Waals surface area (Å²) in [5.74, 6) is 0. The van der Waals surface area contributed by atoms with Crippen molar-refractivity contribution >= 4 is 22.9 Å². The Bertz CT molecular complexity index is 468. The van der Waals surface area contributed by atoms with Crippen LogP contribution in [0.2, 0.25) is 0 Å². The zero-order chi connectivity index (χ0) is 16.2. The van der Waals surface area contributed by atoms with Gasteiger partial charge >= 0.3 is 0 Å². The Morgan fingerprint density at radius 1 is 0.826 bits per heavy atom. The molecule has 126 valence electrons. The van der Waals surface area contributed by atoms with Crippen molar-refractivity contribution in [2.45, 2.75) is 77.0 Å². The molecule has 1 N–H and O–H groups in total. The zero-order valence-corrected chi connectivity index (χ0v) is 15.0. The summed E-state index contributed by atoms with van der Waals surface area (Å²) in [5, 5.41) is 4.63. The molecule has 0 atom stereocenters. The number of nitrogens with one attached hydrogen (secondary N) is 1. The maximum absolute atomic E-state index is 5.43. The first-order chi connectivity index (χ1) is 11.3. The van der Waals surface area contributed by atoms with Crippen molar-refractivity contribution in [3.63, 3.8) is 0 Å². The molecule has 1 aromatic rings. The molecule has 2 nitrogen and oxygen atoms in total. The molecule has 1 aliphatic carbocycles. The van der Waals surface area contributed by atoms with E-state index in [1.165, 1.54) is 69.1 Å². The fourth-order valence-electron chi connectivity index (χ4n) is 3.09. The predicted molar refractivity (Wildman–Crippen MR) is 104 cm³/mol. The van der Waals surface area contributed by atoms with Gasteiger partial charge < -0.3 is 0 Å². The molecule has 1 fully saturated rings. The van der Waals surface area contributed by atoms with Crippen molar-refractivity contribution in [3.05, 3.63) is 35.9 Å². The lowest BCUT2D eigenvalue weighted by Crippen LogP contribution is -2.20. The Morgan fingerprint density at radius 2 is 1.35 bits per heavy atom. The molecule has 1 saturated carbocycles. The first kappa shape index (κ1) is 18.1. The highest BCUT2D eigenvalue weighted by molar-refractivity contribution is 7.80. The molecule has 1 aliphatic rings. The van der Waals surface area contributed by atoms with Gasteiger partial charge in [0.15, 0.2) is 0 Å². The van der Waals surface area contributed by atoms with Gasteiger partial charge in [-0.2, -0.15) is 5.10 Å². The summed E-state index contributed by atoms with van der Waals surface area (Å²) in [7, 11) is 0. The van der Waals surface area contributed by atoms with Crippen molar-refractivity contribution in [2.24, 2.45) is 5.10 Å². The van der Waals surface area contributed by atoms with E-state index in [4.69, 9.17) is 12.2 Å². The SMILES string of the molecule is S=C(Cc1ccccc1)NN=C1CCCCCCCCCCC1. The summed E-state index contributed by atoms with van der Waals surface area (Å²) in [4.78, 5) is 0.815. The fraction of sp³-hybridized carbons (Fsp3) is 0.600. The number of thiocarbonyl (C=S) groups is 1. The number of hydrogen-bond acceptors (Lipinski definition) is 2. The third-order valence-corrected chi connectivity index (χ3v) is 4.71. The first-order valence-corrected chi connectivity index (χ1v) is 9.63. The van der Waals surface area contributed by atoms with Gasteiger partial charge in [-0.1, -0.05) is 87.5 Å². The predicted octanol–water partition coefficient (Wildman–Crippen LogP) is 5.81. The van der Waals surface area contributed by atoms with Gasteiger partial charge in [0.05, 0.1) is 0 Å². The number of hydrazone groups is 1. The van der Waals surface area contributed by atoms with Crippen molar-refractivity contribution in [1.82, 2.24) is 5.43 Å². The van der Waals surface area contributed by atoms with Crippen LogP contribution in [0.15, 0.2) is 35.4 Å². The monoisotopic (exact) mass is 330 g/mol. The Morgan fingerprint density at radius 3 is 1.91 bits per heavy atom. The van der Waals surface area contributed by atoms with Gasteiger partial charge in [0, 0.05) is 12.1 Å². The molecule has 2 rings (SSSR count).